The van der Waals surface area contributed by atoms with Gasteiger partial charge in [-0.2, -0.15) is 0 Å². The first-order chi connectivity index (χ1) is 5.27. The van der Waals surface area contributed by atoms with Gasteiger partial charge in [0.25, 0.3) is 0 Å². The third-order valence-electron chi connectivity index (χ3n) is 1.41. The van der Waals surface area contributed by atoms with E-state index in [0.717, 1.165) is 15.9 Å². The Hall–Kier alpha value is -1.23. The molecule has 0 saturated carbocycles. The van der Waals surface area contributed by atoms with Gasteiger partial charge in [-0.1, -0.05) is 0 Å². The normalized spacial score (nSPS) is 10.6. The smallest absolute Gasteiger partial charge is 0.220 e. The van der Waals surface area contributed by atoms with Gasteiger partial charge in [0.1, 0.15) is 5.52 Å². The highest BCUT2D eigenvalue weighted by Gasteiger charge is 2.01. The average Bonchev–Trinajstić information content (AvgIpc) is 2.33. The fourth-order valence-corrected chi connectivity index (χ4v) is 1.15. The molecule has 0 bridgehead atoms. The number of fused-ring (bicyclic) bond motifs is 1. The molecule has 2 rings (SSSR count). The number of hydrogen-bond acceptors (Lipinski definition) is 4. The lowest BCUT2D eigenvalue weighted by atomic mass is 10.5. The van der Waals surface area contributed by atoms with Crippen LogP contribution in [-0.4, -0.2) is 15.0 Å². The van der Waals surface area contributed by atoms with Crippen molar-refractivity contribution in [3.63, 3.8) is 0 Å². The van der Waals surface area contributed by atoms with E-state index in [-0.39, 0.29) is 5.95 Å². The maximum atomic E-state index is 5.38. The molecule has 5 heteroatoms. The molecule has 0 aliphatic carbocycles. The molecule has 0 fully saturated rings. The SMILES string of the molecule is Nc1ncc2[nH]cc(S)c2n1. The van der Waals surface area contributed by atoms with Gasteiger partial charge in [-0.05, 0) is 0 Å². The van der Waals surface area contributed by atoms with Crippen LogP contribution in [0.25, 0.3) is 11.0 Å². The Morgan fingerprint density at radius 1 is 1.55 bits per heavy atom. The first kappa shape index (κ1) is 6.48. The lowest BCUT2D eigenvalue weighted by molar-refractivity contribution is 1.23. The second-order valence-electron chi connectivity index (χ2n) is 2.16. The van der Waals surface area contributed by atoms with Crippen molar-refractivity contribution < 1.29 is 0 Å². The quantitative estimate of drug-likeness (QED) is 0.508. The van der Waals surface area contributed by atoms with Crippen molar-refractivity contribution in [2.24, 2.45) is 0 Å². The summed E-state index contributed by atoms with van der Waals surface area (Å²) in [5.74, 6) is 0.271. The third kappa shape index (κ3) is 0.932. The Balaban J connectivity index is 2.87. The van der Waals surface area contributed by atoms with Gasteiger partial charge in [0, 0.05) is 11.1 Å². The van der Waals surface area contributed by atoms with Crippen LogP contribution in [-0.2, 0) is 0 Å². The van der Waals surface area contributed by atoms with Crippen LogP contribution in [0.4, 0.5) is 5.95 Å². The second kappa shape index (κ2) is 2.13. The van der Waals surface area contributed by atoms with Gasteiger partial charge in [-0.25, -0.2) is 9.97 Å². The molecule has 11 heavy (non-hydrogen) atoms. The van der Waals surface area contributed by atoms with E-state index < -0.39 is 0 Å². The van der Waals surface area contributed by atoms with Crippen LogP contribution in [0.1, 0.15) is 0 Å². The van der Waals surface area contributed by atoms with Gasteiger partial charge in [0.15, 0.2) is 0 Å². The van der Waals surface area contributed by atoms with E-state index in [1.807, 2.05) is 0 Å². The Morgan fingerprint density at radius 2 is 2.36 bits per heavy atom. The summed E-state index contributed by atoms with van der Waals surface area (Å²) in [6, 6.07) is 0. The van der Waals surface area contributed by atoms with Gasteiger partial charge in [-0.15, -0.1) is 12.6 Å². The zero-order valence-corrected chi connectivity index (χ0v) is 6.47. The van der Waals surface area contributed by atoms with Crippen molar-refractivity contribution in [1.29, 1.82) is 0 Å². The van der Waals surface area contributed by atoms with Gasteiger partial charge >= 0.3 is 0 Å². The van der Waals surface area contributed by atoms with Crippen LogP contribution in [0.5, 0.6) is 0 Å². The first-order valence-corrected chi connectivity index (χ1v) is 3.50. The summed E-state index contributed by atoms with van der Waals surface area (Å²) < 4.78 is 0. The van der Waals surface area contributed by atoms with E-state index in [9.17, 15) is 0 Å². The number of hydrogen-bond donors (Lipinski definition) is 3. The van der Waals surface area contributed by atoms with Crippen LogP contribution in [0.15, 0.2) is 17.3 Å². The zero-order valence-electron chi connectivity index (χ0n) is 5.57. The lowest BCUT2D eigenvalue weighted by Crippen LogP contribution is -1.92. The summed E-state index contributed by atoms with van der Waals surface area (Å²) in [6.45, 7) is 0. The Kier molecular flexibility index (Phi) is 1.25. The number of anilines is 1. The number of nitrogens with two attached hydrogens (primary N) is 1. The highest BCUT2D eigenvalue weighted by molar-refractivity contribution is 7.80. The molecule has 0 spiro atoms. The molecule has 0 aliphatic heterocycles. The highest BCUT2D eigenvalue weighted by atomic mass is 32.1. The Morgan fingerprint density at radius 3 is 3.18 bits per heavy atom. The molecule has 0 radical (unpaired) electrons. The topological polar surface area (TPSA) is 67.6 Å². The van der Waals surface area contributed by atoms with Gasteiger partial charge in [-0.3, -0.25) is 0 Å². The van der Waals surface area contributed by atoms with Crippen LogP contribution < -0.4 is 5.73 Å². The molecule has 2 aromatic rings. The molecule has 0 amide bonds. The van der Waals surface area contributed by atoms with Crippen molar-refractivity contribution in [2.45, 2.75) is 4.90 Å². The van der Waals surface area contributed by atoms with Crippen LogP contribution in [0.3, 0.4) is 0 Å². The van der Waals surface area contributed by atoms with E-state index in [1.54, 1.807) is 12.4 Å². The minimum absolute atomic E-state index is 0.271. The first-order valence-electron chi connectivity index (χ1n) is 3.06. The number of aromatic amines is 1. The number of nitrogen functional groups attached to an aromatic ring is 1. The highest BCUT2D eigenvalue weighted by Crippen LogP contribution is 2.18. The molecule has 0 atom stereocenters. The van der Waals surface area contributed by atoms with Crippen molar-refractivity contribution in [3.05, 3.63) is 12.4 Å². The predicted octanol–water partition coefficient (Wildman–Crippen LogP) is 0.829. The van der Waals surface area contributed by atoms with Gasteiger partial charge < -0.3 is 10.7 Å². The van der Waals surface area contributed by atoms with E-state index in [0.29, 0.717) is 0 Å². The minimum Gasteiger partial charge on any atom is -0.368 e. The Bertz CT molecular complexity index is 394. The summed E-state index contributed by atoms with van der Waals surface area (Å²) in [6.07, 6.45) is 3.39. The molecule has 0 aromatic carbocycles. The Labute approximate surface area is 68.3 Å². The van der Waals surface area contributed by atoms with E-state index in [2.05, 4.69) is 27.6 Å². The van der Waals surface area contributed by atoms with E-state index >= 15 is 0 Å². The van der Waals surface area contributed by atoms with Crippen molar-refractivity contribution in [2.75, 3.05) is 5.73 Å². The molecule has 0 unspecified atom stereocenters. The number of thiol groups is 1. The molecule has 56 valence electrons. The summed E-state index contributed by atoms with van der Waals surface area (Å²) in [7, 11) is 0. The van der Waals surface area contributed by atoms with Crippen molar-refractivity contribution in [3.8, 4) is 0 Å². The van der Waals surface area contributed by atoms with Crippen molar-refractivity contribution >= 4 is 29.6 Å². The molecule has 0 saturated heterocycles. The second-order valence-corrected chi connectivity index (χ2v) is 2.65. The molecular weight excluding hydrogens is 160 g/mol. The fourth-order valence-electron chi connectivity index (χ4n) is 0.911. The lowest BCUT2D eigenvalue weighted by Gasteiger charge is -1.90. The number of H-pyrrole nitrogens is 1. The van der Waals surface area contributed by atoms with Crippen molar-refractivity contribution in [1.82, 2.24) is 15.0 Å². The summed E-state index contributed by atoms with van der Waals surface area (Å²) in [4.78, 5) is 11.6. The third-order valence-corrected chi connectivity index (χ3v) is 1.76. The maximum absolute atomic E-state index is 5.38. The summed E-state index contributed by atoms with van der Waals surface area (Å²) in [5, 5.41) is 0. The van der Waals surface area contributed by atoms with Crippen LogP contribution in [0.2, 0.25) is 0 Å². The molecule has 4 nitrogen and oxygen atoms in total. The van der Waals surface area contributed by atoms with E-state index in [4.69, 9.17) is 5.73 Å². The van der Waals surface area contributed by atoms with Crippen LogP contribution in [0, 0.1) is 0 Å². The zero-order chi connectivity index (χ0) is 7.84. The van der Waals surface area contributed by atoms with Gasteiger partial charge in [0.2, 0.25) is 5.95 Å². The number of nitrogens with one attached hydrogen (secondary N) is 1. The number of aromatic nitrogens is 3. The molecular formula is C6H6N4S. The largest absolute Gasteiger partial charge is 0.368 e. The summed E-state index contributed by atoms with van der Waals surface area (Å²) in [5.41, 5.74) is 7.00. The molecule has 0 aliphatic rings. The maximum Gasteiger partial charge on any atom is 0.220 e. The molecule has 2 heterocycles. The number of rotatable bonds is 0. The van der Waals surface area contributed by atoms with Crippen LogP contribution >= 0.6 is 12.6 Å². The minimum atomic E-state index is 0.271. The molecule has 2 aromatic heterocycles. The monoisotopic (exact) mass is 166 g/mol. The van der Waals surface area contributed by atoms with Gasteiger partial charge in [0.05, 0.1) is 11.7 Å². The van der Waals surface area contributed by atoms with E-state index in [1.165, 1.54) is 0 Å². The number of nitrogens with zero attached hydrogens (tertiary/aromatic N) is 2. The predicted molar refractivity (Wildman–Crippen MR) is 45.6 cm³/mol. The summed E-state index contributed by atoms with van der Waals surface area (Å²) >= 11 is 4.17. The standard InChI is InChI=1S/C6H6N4S/c7-6-9-1-3-5(10-6)4(11)2-8-3/h1-2,8,11H,(H2,7,9,10). The molecule has 3 N–H and O–H groups in total. The average molecular weight is 166 g/mol. The fraction of sp³-hybridized carbons (Fsp3) is 0.